The maximum absolute atomic E-state index is 6.11. The molecule has 0 aromatic heterocycles. The summed E-state index contributed by atoms with van der Waals surface area (Å²) in [5.74, 6) is 1.61. The van der Waals surface area contributed by atoms with Gasteiger partial charge in [-0.15, -0.1) is 0 Å². The number of hydrogen-bond acceptors (Lipinski definition) is 4. The minimum atomic E-state index is -0.383. The molecule has 2 aliphatic rings. The molecule has 2 heterocycles. The van der Waals surface area contributed by atoms with Gasteiger partial charge in [-0.2, -0.15) is 0 Å². The Bertz CT molecular complexity index is 757. The van der Waals surface area contributed by atoms with E-state index in [1.165, 1.54) is 0 Å². The van der Waals surface area contributed by atoms with Crippen molar-refractivity contribution in [2.75, 3.05) is 5.32 Å². The summed E-state index contributed by atoms with van der Waals surface area (Å²) < 4.78 is 18.2. The van der Waals surface area contributed by atoms with E-state index < -0.39 is 0 Å². The van der Waals surface area contributed by atoms with Crippen LogP contribution in [0.5, 0.6) is 11.5 Å². The normalized spacial score (nSPS) is 20.3. The standard InChI is InChI=1S/C18H20BNO3/c1-17(2)18(3,4)23-19(22-17)12-9-10-14-16(11-12)21-15-8-6-5-7-13(15)20-14/h5-11,20H,1-4H3. The summed E-state index contributed by atoms with van der Waals surface area (Å²) in [6.45, 7) is 8.22. The van der Waals surface area contributed by atoms with Gasteiger partial charge < -0.3 is 19.4 Å². The summed E-state index contributed by atoms with van der Waals surface area (Å²) >= 11 is 0. The highest BCUT2D eigenvalue weighted by molar-refractivity contribution is 6.62. The van der Waals surface area contributed by atoms with Gasteiger partial charge in [0.1, 0.15) is 0 Å². The molecule has 0 spiro atoms. The van der Waals surface area contributed by atoms with Gasteiger partial charge in [-0.1, -0.05) is 18.2 Å². The molecule has 2 aromatic rings. The number of nitrogens with one attached hydrogen (secondary N) is 1. The van der Waals surface area contributed by atoms with E-state index in [0.717, 1.165) is 28.3 Å². The third-order valence-corrected chi connectivity index (χ3v) is 4.91. The van der Waals surface area contributed by atoms with E-state index in [9.17, 15) is 0 Å². The summed E-state index contributed by atoms with van der Waals surface area (Å²) in [5.41, 5.74) is 2.19. The highest BCUT2D eigenvalue weighted by Gasteiger charge is 2.51. The van der Waals surface area contributed by atoms with Crippen LogP contribution in [0, 0.1) is 0 Å². The van der Waals surface area contributed by atoms with E-state index in [2.05, 4.69) is 33.0 Å². The maximum atomic E-state index is 6.11. The molecule has 1 N–H and O–H groups in total. The molecule has 4 rings (SSSR count). The molecule has 2 aromatic carbocycles. The van der Waals surface area contributed by atoms with Crippen LogP contribution in [0.15, 0.2) is 42.5 Å². The van der Waals surface area contributed by atoms with Gasteiger partial charge in [0.25, 0.3) is 0 Å². The molecule has 0 bridgehead atoms. The largest absolute Gasteiger partial charge is 0.494 e. The van der Waals surface area contributed by atoms with Gasteiger partial charge in [0, 0.05) is 0 Å². The van der Waals surface area contributed by atoms with Crippen molar-refractivity contribution in [2.45, 2.75) is 38.9 Å². The third-order valence-electron chi connectivity index (χ3n) is 4.91. The first-order chi connectivity index (χ1) is 10.9. The fraction of sp³-hybridized carbons (Fsp3) is 0.333. The predicted octanol–water partition coefficient (Wildman–Crippen LogP) is 3.84. The quantitative estimate of drug-likeness (QED) is 0.693. The van der Waals surface area contributed by atoms with Gasteiger partial charge in [0.05, 0.1) is 22.6 Å². The van der Waals surface area contributed by atoms with E-state index in [-0.39, 0.29) is 18.3 Å². The van der Waals surface area contributed by atoms with Crippen LogP contribution in [-0.4, -0.2) is 18.3 Å². The molecule has 118 valence electrons. The van der Waals surface area contributed by atoms with Crippen molar-refractivity contribution >= 4 is 24.0 Å². The molecule has 0 aliphatic carbocycles. The van der Waals surface area contributed by atoms with Gasteiger partial charge in [-0.05, 0) is 57.4 Å². The van der Waals surface area contributed by atoms with E-state index in [0.29, 0.717) is 0 Å². The van der Waals surface area contributed by atoms with Crippen molar-refractivity contribution in [1.82, 2.24) is 0 Å². The second kappa shape index (κ2) is 4.76. The van der Waals surface area contributed by atoms with Crippen LogP contribution in [0.4, 0.5) is 11.4 Å². The Labute approximate surface area is 136 Å². The summed E-state index contributed by atoms with van der Waals surface area (Å²) in [5, 5.41) is 3.38. The average Bonchev–Trinajstić information content (AvgIpc) is 2.73. The average molecular weight is 309 g/mol. The zero-order valence-electron chi connectivity index (χ0n) is 13.8. The number of para-hydroxylation sites is 2. The zero-order chi connectivity index (χ0) is 16.2. The lowest BCUT2D eigenvalue weighted by Gasteiger charge is -2.32. The molecule has 5 heteroatoms. The molecule has 0 saturated carbocycles. The SMILES string of the molecule is CC1(C)OB(c2ccc3c(c2)Oc2ccccc2N3)OC1(C)C. The number of fused-ring (bicyclic) bond motifs is 2. The maximum Gasteiger partial charge on any atom is 0.494 e. The van der Waals surface area contributed by atoms with E-state index in [4.69, 9.17) is 14.0 Å². The molecule has 0 atom stereocenters. The van der Waals surface area contributed by atoms with Crippen molar-refractivity contribution in [3.05, 3.63) is 42.5 Å². The van der Waals surface area contributed by atoms with E-state index in [1.807, 2.05) is 42.5 Å². The Morgan fingerprint density at radius 3 is 2.22 bits per heavy atom. The fourth-order valence-corrected chi connectivity index (χ4v) is 2.77. The predicted molar refractivity (Wildman–Crippen MR) is 92.0 cm³/mol. The zero-order valence-corrected chi connectivity index (χ0v) is 13.8. The van der Waals surface area contributed by atoms with Crippen molar-refractivity contribution in [1.29, 1.82) is 0 Å². The number of benzene rings is 2. The van der Waals surface area contributed by atoms with Gasteiger partial charge in [-0.3, -0.25) is 0 Å². The van der Waals surface area contributed by atoms with Crippen molar-refractivity contribution in [3.8, 4) is 11.5 Å². The molecule has 0 unspecified atom stereocenters. The first-order valence-electron chi connectivity index (χ1n) is 7.89. The van der Waals surface area contributed by atoms with Gasteiger partial charge in [-0.25, -0.2) is 0 Å². The number of ether oxygens (including phenoxy) is 1. The highest BCUT2D eigenvalue weighted by Crippen LogP contribution is 2.42. The molecule has 4 nitrogen and oxygen atoms in total. The van der Waals surface area contributed by atoms with E-state index in [1.54, 1.807) is 0 Å². The molecule has 23 heavy (non-hydrogen) atoms. The lowest BCUT2D eigenvalue weighted by molar-refractivity contribution is 0.00578. The van der Waals surface area contributed by atoms with Crippen molar-refractivity contribution in [3.63, 3.8) is 0 Å². The van der Waals surface area contributed by atoms with Gasteiger partial charge in [0.15, 0.2) is 11.5 Å². The van der Waals surface area contributed by atoms with Crippen LogP contribution in [0.3, 0.4) is 0 Å². The smallest absolute Gasteiger partial charge is 0.453 e. The number of hydrogen-bond donors (Lipinski definition) is 1. The molecule has 1 saturated heterocycles. The number of anilines is 2. The summed E-state index contributed by atoms with van der Waals surface area (Å²) in [4.78, 5) is 0. The van der Waals surface area contributed by atoms with E-state index >= 15 is 0 Å². The Balaban J connectivity index is 1.65. The monoisotopic (exact) mass is 309 g/mol. The minimum absolute atomic E-state index is 0.348. The topological polar surface area (TPSA) is 39.7 Å². The first-order valence-corrected chi connectivity index (χ1v) is 7.89. The second-order valence-electron chi connectivity index (χ2n) is 7.07. The minimum Gasteiger partial charge on any atom is -0.453 e. The molecule has 2 aliphatic heterocycles. The molecule has 0 radical (unpaired) electrons. The number of rotatable bonds is 1. The summed E-state index contributed by atoms with van der Waals surface area (Å²) in [6.07, 6.45) is 0. The fourth-order valence-electron chi connectivity index (χ4n) is 2.77. The summed E-state index contributed by atoms with van der Waals surface area (Å²) in [7, 11) is -0.383. The lowest BCUT2D eigenvalue weighted by atomic mass is 9.79. The highest BCUT2D eigenvalue weighted by atomic mass is 16.7. The van der Waals surface area contributed by atoms with Crippen LogP contribution in [-0.2, 0) is 9.31 Å². The molecule has 0 amide bonds. The van der Waals surface area contributed by atoms with Crippen LogP contribution >= 0.6 is 0 Å². The van der Waals surface area contributed by atoms with Crippen LogP contribution < -0.4 is 15.5 Å². The lowest BCUT2D eigenvalue weighted by Crippen LogP contribution is -2.41. The molecule has 1 fully saturated rings. The van der Waals surface area contributed by atoms with Gasteiger partial charge in [0.2, 0.25) is 0 Å². The Morgan fingerprint density at radius 2 is 1.48 bits per heavy atom. The van der Waals surface area contributed by atoms with Crippen molar-refractivity contribution in [2.24, 2.45) is 0 Å². The molecular weight excluding hydrogens is 289 g/mol. The summed E-state index contributed by atoms with van der Waals surface area (Å²) in [6, 6.07) is 13.9. The first kappa shape index (κ1) is 14.6. The Kier molecular flexibility index (Phi) is 3.02. The molecular formula is C18H20BNO3. The second-order valence-corrected chi connectivity index (χ2v) is 7.07. The Hall–Kier alpha value is -1.98. The third kappa shape index (κ3) is 2.31. The Morgan fingerprint density at radius 1 is 0.826 bits per heavy atom. The van der Waals surface area contributed by atoms with Crippen LogP contribution in [0.2, 0.25) is 0 Å². The van der Waals surface area contributed by atoms with Crippen LogP contribution in [0.25, 0.3) is 0 Å². The van der Waals surface area contributed by atoms with Crippen molar-refractivity contribution < 1.29 is 14.0 Å². The van der Waals surface area contributed by atoms with Gasteiger partial charge >= 0.3 is 7.12 Å². The van der Waals surface area contributed by atoms with Crippen LogP contribution in [0.1, 0.15) is 27.7 Å².